The monoisotopic (exact) mass is 240 g/mol. The number of hydrogen-bond donors (Lipinski definition) is 1. The van der Waals surface area contributed by atoms with Crippen molar-refractivity contribution < 1.29 is 4.74 Å². The zero-order valence-corrected chi connectivity index (χ0v) is 11.4. The highest BCUT2D eigenvalue weighted by Crippen LogP contribution is 2.29. The standard InChI is InChI=1S/C14H28N2O/c1-11-10-17-12(2)8-16(11)9-14-5-3-13(7-15)4-6-14/h11-14H,3-10,15H2,1-2H3. The molecule has 2 aliphatic rings. The summed E-state index contributed by atoms with van der Waals surface area (Å²) in [6, 6.07) is 0.596. The van der Waals surface area contributed by atoms with Crippen LogP contribution in [0.3, 0.4) is 0 Å². The second-order valence-electron chi connectivity index (χ2n) is 6.07. The molecular formula is C14H28N2O. The first kappa shape index (κ1) is 13.3. The molecule has 0 aromatic heterocycles. The van der Waals surface area contributed by atoms with E-state index in [9.17, 15) is 0 Å². The highest BCUT2D eigenvalue weighted by molar-refractivity contribution is 4.80. The lowest BCUT2D eigenvalue weighted by atomic mass is 9.81. The Morgan fingerprint density at radius 2 is 1.76 bits per heavy atom. The number of hydrogen-bond acceptors (Lipinski definition) is 3. The van der Waals surface area contributed by atoms with Crippen molar-refractivity contribution >= 4 is 0 Å². The summed E-state index contributed by atoms with van der Waals surface area (Å²) in [5.74, 6) is 1.69. The lowest BCUT2D eigenvalue weighted by molar-refractivity contribution is -0.0561. The molecule has 0 bridgehead atoms. The summed E-state index contributed by atoms with van der Waals surface area (Å²) in [5.41, 5.74) is 5.75. The Hall–Kier alpha value is -0.120. The summed E-state index contributed by atoms with van der Waals surface area (Å²) in [4.78, 5) is 2.63. The van der Waals surface area contributed by atoms with Gasteiger partial charge >= 0.3 is 0 Å². The number of rotatable bonds is 3. The van der Waals surface area contributed by atoms with Crippen LogP contribution >= 0.6 is 0 Å². The van der Waals surface area contributed by atoms with Gasteiger partial charge in [-0.3, -0.25) is 4.90 Å². The molecular weight excluding hydrogens is 212 g/mol. The van der Waals surface area contributed by atoms with Crippen molar-refractivity contribution in [3.05, 3.63) is 0 Å². The summed E-state index contributed by atoms with van der Waals surface area (Å²) in [5, 5.41) is 0. The Morgan fingerprint density at radius 1 is 1.12 bits per heavy atom. The summed E-state index contributed by atoms with van der Waals surface area (Å²) < 4.78 is 5.69. The van der Waals surface area contributed by atoms with Gasteiger partial charge in [-0.1, -0.05) is 0 Å². The molecule has 2 atom stereocenters. The van der Waals surface area contributed by atoms with E-state index < -0.39 is 0 Å². The van der Waals surface area contributed by atoms with Crippen molar-refractivity contribution in [3.8, 4) is 0 Å². The summed E-state index contributed by atoms with van der Waals surface area (Å²) >= 11 is 0. The number of ether oxygens (including phenoxy) is 1. The SMILES string of the molecule is CC1CN(CC2CCC(CN)CC2)C(C)CO1. The van der Waals surface area contributed by atoms with Crippen LogP contribution in [0.2, 0.25) is 0 Å². The van der Waals surface area contributed by atoms with Crippen LogP contribution in [-0.4, -0.2) is 43.3 Å². The maximum absolute atomic E-state index is 5.75. The first-order chi connectivity index (χ1) is 8.19. The number of nitrogens with zero attached hydrogens (tertiary/aromatic N) is 1. The van der Waals surface area contributed by atoms with Gasteiger partial charge in [0.25, 0.3) is 0 Å². The molecule has 0 aromatic carbocycles. The Kier molecular flexibility index (Phi) is 4.83. The van der Waals surface area contributed by atoms with Crippen molar-refractivity contribution in [3.63, 3.8) is 0 Å². The van der Waals surface area contributed by atoms with Gasteiger partial charge in [-0.05, 0) is 57.9 Å². The molecule has 17 heavy (non-hydrogen) atoms. The molecule has 0 spiro atoms. The minimum Gasteiger partial charge on any atom is -0.376 e. The van der Waals surface area contributed by atoms with E-state index in [-0.39, 0.29) is 0 Å². The van der Waals surface area contributed by atoms with Gasteiger partial charge in [-0.2, -0.15) is 0 Å². The second-order valence-corrected chi connectivity index (χ2v) is 6.07. The van der Waals surface area contributed by atoms with Crippen LogP contribution in [0.5, 0.6) is 0 Å². The predicted octanol–water partition coefficient (Wildman–Crippen LogP) is 1.86. The van der Waals surface area contributed by atoms with Crippen LogP contribution in [0, 0.1) is 11.8 Å². The Bertz CT molecular complexity index is 226. The molecule has 0 aromatic rings. The van der Waals surface area contributed by atoms with E-state index >= 15 is 0 Å². The highest BCUT2D eigenvalue weighted by Gasteiger charge is 2.27. The molecule has 100 valence electrons. The molecule has 1 heterocycles. The predicted molar refractivity (Wildman–Crippen MR) is 71.0 cm³/mol. The highest BCUT2D eigenvalue weighted by atomic mass is 16.5. The van der Waals surface area contributed by atoms with Gasteiger partial charge in [0.05, 0.1) is 12.7 Å². The Morgan fingerprint density at radius 3 is 2.41 bits per heavy atom. The molecule has 1 aliphatic heterocycles. The van der Waals surface area contributed by atoms with Crippen LogP contribution in [-0.2, 0) is 4.74 Å². The van der Waals surface area contributed by atoms with Crippen LogP contribution in [0.15, 0.2) is 0 Å². The van der Waals surface area contributed by atoms with Crippen molar-refractivity contribution in [2.45, 2.75) is 51.7 Å². The molecule has 3 nitrogen and oxygen atoms in total. The molecule has 2 rings (SSSR count). The van der Waals surface area contributed by atoms with Gasteiger partial charge < -0.3 is 10.5 Å². The van der Waals surface area contributed by atoms with Crippen LogP contribution < -0.4 is 5.73 Å². The van der Waals surface area contributed by atoms with E-state index in [4.69, 9.17) is 10.5 Å². The minimum atomic E-state index is 0.409. The van der Waals surface area contributed by atoms with Gasteiger partial charge in [0, 0.05) is 19.1 Å². The summed E-state index contributed by atoms with van der Waals surface area (Å²) in [6.45, 7) is 8.64. The van der Waals surface area contributed by atoms with Crippen LogP contribution in [0.4, 0.5) is 0 Å². The second kappa shape index (κ2) is 6.17. The summed E-state index contributed by atoms with van der Waals surface area (Å²) in [6.07, 6.45) is 5.84. The van der Waals surface area contributed by atoms with Crippen molar-refractivity contribution in [1.29, 1.82) is 0 Å². The van der Waals surface area contributed by atoms with E-state index in [1.807, 2.05) is 0 Å². The molecule has 1 saturated heterocycles. The van der Waals surface area contributed by atoms with E-state index in [1.165, 1.54) is 32.2 Å². The molecule has 3 heteroatoms. The fourth-order valence-electron chi connectivity index (χ4n) is 3.21. The van der Waals surface area contributed by atoms with E-state index in [1.54, 1.807) is 0 Å². The maximum Gasteiger partial charge on any atom is 0.0674 e. The molecule has 0 amide bonds. The fourth-order valence-corrected chi connectivity index (χ4v) is 3.21. The number of morpholine rings is 1. The Balaban J connectivity index is 1.76. The first-order valence-electron chi connectivity index (χ1n) is 7.24. The zero-order chi connectivity index (χ0) is 12.3. The third-order valence-electron chi connectivity index (χ3n) is 4.53. The van der Waals surface area contributed by atoms with Gasteiger partial charge in [0.1, 0.15) is 0 Å². The van der Waals surface area contributed by atoms with Crippen molar-refractivity contribution in [2.24, 2.45) is 17.6 Å². The topological polar surface area (TPSA) is 38.5 Å². The van der Waals surface area contributed by atoms with Crippen LogP contribution in [0.1, 0.15) is 39.5 Å². The lowest BCUT2D eigenvalue weighted by Gasteiger charge is -2.40. The lowest BCUT2D eigenvalue weighted by Crippen LogP contribution is -2.49. The van der Waals surface area contributed by atoms with Crippen molar-refractivity contribution in [2.75, 3.05) is 26.2 Å². The summed E-state index contributed by atoms with van der Waals surface area (Å²) in [7, 11) is 0. The maximum atomic E-state index is 5.75. The molecule has 1 aliphatic carbocycles. The van der Waals surface area contributed by atoms with Gasteiger partial charge in [0.15, 0.2) is 0 Å². The largest absolute Gasteiger partial charge is 0.376 e. The molecule has 2 unspecified atom stereocenters. The average Bonchev–Trinajstić information content (AvgIpc) is 2.35. The molecule has 0 radical (unpaired) electrons. The minimum absolute atomic E-state index is 0.409. The van der Waals surface area contributed by atoms with E-state index in [0.29, 0.717) is 12.1 Å². The zero-order valence-electron chi connectivity index (χ0n) is 11.4. The van der Waals surface area contributed by atoms with Crippen molar-refractivity contribution in [1.82, 2.24) is 4.90 Å². The quantitative estimate of drug-likeness (QED) is 0.818. The van der Waals surface area contributed by atoms with Gasteiger partial charge in [0.2, 0.25) is 0 Å². The molecule has 2 fully saturated rings. The third-order valence-corrected chi connectivity index (χ3v) is 4.53. The number of nitrogens with two attached hydrogens (primary N) is 1. The van der Waals surface area contributed by atoms with Gasteiger partial charge in [-0.25, -0.2) is 0 Å². The van der Waals surface area contributed by atoms with Crippen LogP contribution in [0.25, 0.3) is 0 Å². The van der Waals surface area contributed by atoms with E-state index in [2.05, 4.69) is 18.7 Å². The first-order valence-corrected chi connectivity index (χ1v) is 7.24. The molecule has 2 N–H and O–H groups in total. The smallest absolute Gasteiger partial charge is 0.0674 e. The Labute approximate surface area is 106 Å². The normalized spacial score (nSPS) is 40.4. The van der Waals surface area contributed by atoms with Gasteiger partial charge in [-0.15, -0.1) is 0 Å². The average molecular weight is 240 g/mol. The van der Waals surface area contributed by atoms with E-state index in [0.717, 1.165) is 31.5 Å². The fraction of sp³-hybridized carbons (Fsp3) is 1.00. The molecule has 1 saturated carbocycles. The third kappa shape index (κ3) is 3.67.